The molecule has 4 aromatic rings. The van der Waals surface area contributed by atoms with Crippen molar-refractivity contribution in [1.29, 1.82) is 0 Å². The van der Waals surface area contributed by atoms with Gasteiger partial charge in [-0.25, -0.2) is 4.39 Å². The highest BCUT2D eigenvalue weighted by Crippen LogP contribution is 2.25. The lowest BCUT2D eigenvalue weighted by Crippen LogP contribution is -2.19. The van der Waals surface area contributed by atoms with Crippen LogP contribution < -0.4 is 5.32 Å². The molecule has 0 saturated heterocycles. The lowest BCUT2D eigenvalue weighted by Gasteiger charge is -2.09. The van der Waals surface area contributed by atoms with Gasteiger partial charge in [-0.05, 0) is 54.6 Å². The van der Waals surface area contributed by atoms with E-state index < -0.39 is 5.82 Å². The Morgan fingerprint density at radius 3 is 2.69 bits per heavy atom. The molecule has 0 fully saturated rings. The molecule has 29 heavy (non-hydrogen) atoms. The van der Waals surface area contributed by atoms with Gasteiger partial charge in [0.1, 0.15) is 18.1 Å². The van der Waals surface area contributed by atoms with E-state index in [2.05, 4.69) is 15.5 Å². The molecule has 1 N–H and O–H groups in total. The maximum atomic E-state index is 13.1. The molecule has 4 rings (SSSR count). The fraction of sp³-hybridized carbons (Fsp3) is 0.0500. The molecule has 1 amide bonds. The minimum absolute atomic E-state index is 0.0191. The number of carbonyl (C=O) groups excluding carboxylic acids is 1. The SMILES string of the molecule is O=C(Cn1cccc1-c1nc(-c2ccc(Cl)cc2)no1)Nc1ccc(F)cc1Cl. The molecule has 0 unspecified atom stereocenters. The number of rotatable bonds is 5. The number of anilines is 1. The van der Waals surface area contributed by atoms with Crippen LogP contribution in [-0.2, 0) is 11.3 Å². The fourth-order valence-corrected chi connectivity index (χ4v) is 3.07. The summed E-state index contributed by atoms with van der Waals surface area (Å²) in [5.74, 6) is -0.137. The molecule has 0 spiro atoms. The third-order valence-corrected chi connectivity index (χ3v) is 4.66. The second-order valence-electron chi connectivity index (χ2n) is 6.12. The number of amides is 1. The molecule has 9 heteroatoms. The standard InChI is InChI=1S/C20H13Cl2FN4O2/c21-13-5-3-12(4-6-13)19-25-20(29-26-19)17-2-1-9-27(17)11-18(28)24-16-8-7-14(23)10-15(16)22/h1-10H,11H2,(H,24,28). The van der Waals surface area contributed by atoms with Gasteiger partial charge < -0.3 is 14.4 Å². The van der Waals surface area contributed by atoms with Gasteiger partial charge in [-0.2, -0.15) is 4.98 Å². The molecule has 0 saturated carbocycles. The fourth-order valence-electron chi connectivity index (χ4n) is 2.73. The van der Waals surface area contributed by atoms with Crippen LogP contribution in [-0.4, -0.2) is 20.6 Å². The molecule has 2 aromatic carbocycles. The van der Waals surface area contributed by atoms with Crippen LogP contribution in [0.5, 0.6) is 0 Å². The minimum Gasteiger partial charge on any atom is -0.334 e. The zero-order chi connectivity index (χ0) is 20.4. The van der Waals surface area contributed by atoms with Gasteiger partial charge in [-0.15, -0.1) is 0 Å². The van der Waals surface area contributed by atoms with Crippen LogP contribution in [0.4, 0.5) is 10.1 Å². The highest BCUT2D eigenvalue weighted by molar-refractivity contribution is 6.33. The predicted octanol–water partition coefficient (Wildman–Crippen LogP) is 5.29. The van der Waals surface area contributed by atoms with Crippen LogP contribution in [0.3, 0.4) is 0 Å². The summed E-state index contributed by atoms with van der Waals surface area (Å²) < 4.78 is 20.2. The summed E-state index contributed by atoms with van der Waals surface area (Å²) in [6, 6.07) is 14.3. The average molecular weight is 431 g/mol. The van der Waals surface area contributed by atoms with Crippen molar-refractivity contribution >= 4 is 34.8 Å². The third kappa shape index (κ3) is 4.31. The first-order chi connectivity index (χ1) is 14.0. The van der Waals surface area contributed by atoms with Crippen LogP contribution in [0.2, 0.25) is 10.0 Å². The van der Waals surface area contributed by atoms with Gasteiger partial charge in [0.25, 0.3) is 5.89 Å². The summed E-state index contributed by atoms with van der Waals surface area (Å²) in [6.07, 6.45) is 1.72. The van der Waals surface area contributed by atoms with Crippen molar-refractivity contribution in [1.82, 2.24) is 14.7 Å². The van der Waals surface area contributed by atoms with Gasteiger partial charge in [-0.3, -0.25) is 4.79 Å². The monoisotopic (exact) mass is 430 g/mol. The van der Waals surface area contributed by atoms with Gasteiger partial charge >= 0.3 is 0 Å². The summed E-state index contributed by atoms with van der Waals surface area (Å²) in [4.78, 5) is 16.8. The van der Waals surface area contributed by atoms with Gasteiger partial charge in [-0.1, -0.05) is 28.4 Å². The number of nitrogens with zero attached hydrogens (tertiary/aromatic N) is 3. The van der Waals surface area contributed by atoms with Crippen molar-refractivity contribution in [2.75, 3.05) is 5.32 Å². The molecule has 2 heterocycles. The highest BCUT2D eigenvalue weighted by Gasteiger charge is 2.16. The molecule has 0 aliphatic rings. The molecule has 0 atom stereocenters. The smallest absolute Gasteiger partial charge is 0.274 e. The van der Waals surface area contributed by atoms with E-state index >= 15 is 0 Å². The van der Waals surface area contributed by atoms with E-state index in [-0.39, 0.29) is 23.4 Å². The minimum atomic E-state index is -0.478. The van der Waals surface area contributed by atoms with E-state index in [1.54, 1.807) is 47.2 Å². The molecular weight excluding hydrogens is 418 g/mol. The summed E-state index contributed by atoms with van der Waals surface area (Å²) in [6.45, 7) is -0.0191. The number of halogens is 3. The largest absolute Gasteiger partial charge is 0.334 e. The second kappa shape index (κ2) is 8.06. The average Bonchev–Trinajstić information content (AvgIpc) is 3.34. The Morgan fingerprint density at radius 2 is 1.93 bits per heavy atom. The molecule has 0 radical (unpaired) electrons. The van der Waals surface area contributed by atoms with E-state index in [0.29, 0.717) is 22.2 Å². The van der Waals surface area contributed by atoms with Crippen molar-refractivity contribution in [3.63, 3.8) is 0 Å². The van der Waals surface area contributed by atoms with E-state index in [1.165, 1.54) is 12.1 Å². The molecule has 0 aliphatic heterocycles. The van der Waals surface area contributed by atoms with Crippen LogP contribution in [0.25, 0.3) is 23.0 Å². The van der Waals surface area contributed by atoms with Gasteiger partial charge in [0.15, 0.2) is 0 Å². The van der Waals surface area contributed by atoms with Crippen LogP contribution >= 0.6 is 23.2 Å². The zero-order valence-corrected chi connectivity index (χ0v) is 16.3. The highest BCUT2D eigenvalue weighted by atomic mass is 35.5. The Hall–Kier alpha value is -3.16. The Bertz CT molecular complexity index is 1170. The van der Waals surface area contributed by atoms with Gasteiger partial charge in [0.05, 0.1) is 10.7 Å². The Balaban J connectivity index is 1.51. The number of carbonyl (C=O) groups is 1. The van der Waals surface area contributed by atoms with Crippen molar-refractivity contribution in [3.05, 3.63) is 76.7 Å². The molecule has 146 valence electrons. The Morgan fingerprint density at radius 1 is 1.14 bits per heavy atom. The first-order valence-corrected chi connectivity index (χ1v) is 9.25. The van der Waals surface area contributed by atoms with E-state index in [4.69, 9.17) is 27.7 Å². The van der Waals surface area contributed by atoms with E-state index in [1.807, 2.05) is 0 Å². The maximum Gasteiger partial charge on any atom is 0.274 e. The molecule has 0 bridgehead atoms. The first-order valence-electron chi connectivity index (χ1n) is 8.49. The topological polar surface area (TPSA) is 73.0 Å². The number of aromatic nitrogens is 3. The number of hydrogen-bond acceptors (Lipinski definition) is 4. The zero-order valence-electron chi connectivity index (χ0n) is 14.8. The summed E-state index contributed by atoms with van der Waals surface area (Å²) >= 11 is 11.8. The molecule has 0 aliphatic carbocycles. The quantitative estimate of drug-likeness (QED) is 0.466. The van der Waals surface area contributed by atoms with Crippen molar-refractivity contribution in [2.45, 2.75) is 6.54 Å². The van der Waals surface area contributed by atoms with Crippen molar-refractivity contribution in [2.24, 2.45) is 0 Å². The maximum absolute atomic E-state index is 13.1. The van der Waals surface area contributed by atoms with E-state index in [9.17, 15) is 9.18 Å². The van der Waals surface area contributed by atoms with Crippen LogP contribution in [0.15, 0.2) is 65.3 Å². The molecule has 2 aromatic heterocycles. The molecule has 6 nitrogen and oxygen atoms in total. The third-order valence-electron chi connectivity index (χ3n) is 4.10. The van der Waals surface area contributed by atoms with Crippen molar-refractivity contribution < 1.29 is 13.7 Å². The summed E-state index contributed by atoms with van der Waals surface area (Å²) in [7, 11) is 0. The first kappa shape index (κ1) is 19.2. The van der Waals surface area contributed by atoms with Crippen LogP contribution in [0.1, 0.15) is 0 Å². The number of hydrogen-bond donors (Lipinski definition) is 1. The Kier molecular flexibility index (Phi) is 5.33. The van der Waals surface area contributed by atoms with Gasteiger partial charge in [0.2, 0.25) is 11.7 Å². The van der Waals surface area contributed by atoms with E-state index in [0.717, 1.165) is 11.6 Å². The molecular formula is C20H13Cl2FN4O2. The number of benzene rings is 2. The lowest BCUT2D eigenvalue weighted by molar-refractivity contribution is -0.116. The number of nitrogens with one attached hydrogen (secondary N) is 1. The van der Waals surface area contributed by atoms with Crippen molar-refractivity contribution in [3.8, 4) is 23.0 Å². The summed E-state index contributed by atoms with van der Waals surface area (Å²) in [5.41, 5.74) is 1.67. The normalized spacial score (nSPS) is 10.9. The predicted molar refractivity (Wildman–Crippen MR) is 108 cm³/mol. The van der Waals surface area contributed by atoms with Gasteiger partial charge in [0, 0.05) is 16.8 Å². The van der Waals surface area contributed by atoms with Crippen LogP contribution in [0, 0.1) is 5.82 Å². The lowest BCUT2D eigenvalue weighted by atomic mass is 10.2. The Labute approximate surface area is 174 Å². The summed E-state index contributed by atoms with van der Waals surface area (Å²) in [5, 5.41) is 7.37. The second-order valence-corrected chi connectivity index (χ2v) is 6.97.